The highest BCUT2D eigenvalue weighted by molar-refractivity contribution is 5.69. The number of nitrogens with zero attached hydrogens (tertiary/aromatic N) is 4. The van der Waals surface area contributed by atoms with Gasteiger partial charge >= 0.3 is 5.69 Å². The van der Waals surface area contributed by atoms with E-state index in [0.29, 0.717) is 11.4 Å². The molecule has 0 aliphatic heterocycles. The summed E-state index contributed by atoms with van der Waals surface area (Å²) in [6, 6.07) is 9.16. The summed E-state index contributed by atoms with van der Waals surface area (Å²) >= 11 is 0. The monoisotopic (exact) mass is 330 g/mol. The van der Waals surface area contributed by atoms with Crippen molar-refractivity contribution in [3.8, 4) is 5.75 Å². The smallest absolute Gasteiger partial charge is 0.332 e. The lowest BCUT2D eigenvalue weighted by atomic mass is 10.3. The van der Waals surface area contributed by atoms with Crippen LogP contribution in [0.5, 0.6) is 5.75 Å². The highest BCUT2D eigenvalue weighted by Crippen LogP contribution is 2.10. The number of aliphatic hydroxyl groups is 1. The molecule has 2 aromatic heterocycles. The Kier molecular flexibility index (Phi) is 4.22. The molecule has 0 fully saturated rings. The highest BCUT2D eigenvalue weighted by Gasteiger charge is 2.16. The minimum absolute atomic E-state index is 0.0858. The van der Waals surface area contributed by atoms with E-state index in [4.69, 9.17) is 4.74 Å². The van der Waals surface area contributed by atoms with Crippen molar-refractivity contribution in [3.05, 3.63) is 57.5 Å². The third kappa shape index (κ3) is 2.83. The van der Waals surface area contributed by atoms with Crippen LogP contribution in [0.1, 0.15) is 0 Å². The summed E-state index contributed by atoms with van der Waals surface area (Å²) in [6.07, 6.45) is 0.624. The highest BCUT2D eigenvalue weighted by atomic mass is 16.5. The molecular formula is C16H18N4O4. The fraction of sp³-hybridized carbons (Fsp3) is 0.312. The number of para-hydroxylation sites is 1. The standard InChI is InChI=1S/C16H18N4O4/c1-18-14-13(15(22)19(2)16(18)23)17-10-20(14)8-11(21)9-24-12-6-4-3-5-7-12/h3-7,10-11,21H,8-9H2,1-2H3/t11-/m1/s1. The topological polar surface area (TPSA) is 91.3 Å². The van der Waals surface area contributed by atoms with Gasteiger partial charge in [-0.3, -0.25) is 13.9 Å². The quantitative estimate of drug-likeness (QED) is 0.704. The molecular weight excluding hydrogens is 312 g/mol. The van der Waals surface area contributed by atoms with Crippen molar-refractivity contribution < 1.29 is 9.84 Å². The molecule has 2 heterocycles. The molecule has 0 radical (unpaired) electrons. The van der Waals surface area contributed by atoms with Gasteiger partial charge in [0.15, 0.2) is 5.52 Å². The summed E-state index contributed by atoms with van der Waals surface area (Å²) in [7, 11) is 2.97. The summed E-state index contributed by atoms with van der Waals surface area (Å²) in [6.45, 7) is 0.242. The third-order valence-corrected chi connectivity index (χ3v) is 3.80. The molecule has 1 atom stereocenters. The molecule has 0 bridgehead atoms. The Bertz CT molecular complexity index is 971. The molecule has 0 spiro atoms. The molecule has 1 N–H and O–H groups in total. The van der Waals surface area contributed by atoms with E-state index in [0.717, 1.165) is 4.57 Å². The van der Waals surface area contributed by atoms with E-state index in [9.17, 15) is 14.7 Å². The van der Waals surface area contributed by atoms with Crippen LogP contribution in [0.3, 0.4) is 0 Å². The summed E-state index contributed by atoms with van der Waals surface area (Å²) < 4.78 is 9.44. The van der Waals surface area contributed by atoms with Crippen molar-refractivity contribution in [2.75, 3.05) is 6.61 Å². The number of hydrogen-bond donors (Lipinski definition) is 1. The number of benzene rings is 1. The van der Waals surface area contributed by atoms with Crippen molar-refractivity contribution in [1.29, 1.82) is 0 Å². The van der Waals surface area contributed by atoms with Crippen molar-refractivity contribution in [2.24, 2.45) is 14.1 Å². The van der Waals surface area contributed by atoms with Gasteiger partial charge in [-0.1, -0.05) is 18.2 Å². The number of fused-ring (bicyclic) bond motifs is 1. The molecule has 1 aromatic carbocycles. The molecule has 3 rings (SSSR count). The van der Waals surface area contributed by atoms with Crippen LogP contribution in [0.4, 0.5) is 0 Å². The van der Waals surface area contributed by atoms with Crippen LogP contribution in [-0.2, 0) is 20.6 Å². The van der Waals surface area contributed by atoms with E-state index < -0.39 is 17.4 Å². The van der Waals surface area contributed by atoms with E-state index in [-0.39, 0.29) is 18.7 Å². The largest absolute Gasteiger partial charge is 0.491 e. The third-order valence-electron chi connectivity index (χ3n) is 3.80. The fourth-order valence-electron chi connectivity index (χ4n) is 2.56. The molecule has 0 aliphatic rings. The van der Waals surface area contributed by atoms with E-state index in [1.807, 2.05) is 18.2 Å². The molecule has 0 aliphatic carbocycles. The lowest BCUT2D eigenvalue weighted by molar-refractivity contribution is 0.0931. The second-order valence-corrected chi connectivity index (χ2v) is 5.55. The Balaban J connectivity index is 1.83. The van der Waals surface area contributed by atoms with E-state index in [1.54, 1.807) is 23.7 Å². The SMILES string of the molecule is Cn1c(=O)c2ncn(C[C@@H](O)COc3ccccc3)c2n(C)c1=O. The molecule has 0 unspecified atom stereocenters. The van der Waals surface area contributed by atoms with Gasteiger partial charge in [0.25, 0.3) is 5.56 Å². The summed E-state index contributed by atoms with van der Waals surface area (Å²) in [5.41, 5.74) is -0.330. The minimum Gasteiger partial charge on any atom is -0.491 e. The number of rotatable bonds is 5. The van der Waals surface area contributed by atoms with Gasteiger partial charge < -0.3 is 14.4 Å². The normalized spacial score (nSPS) is 12.5. The molecule has 8 nitrogen and oxygen atoms in total. The lowest BCUT2D eigenvalue weighted by Crippen LogP contribution is -2.37. The van der Waals surface area contributed by atoms with Gasteiger partial charge in [0.1, 0.15) is 24.1 Å². The maximum absolute atomic E-state index is 12.1. The van der Waals surface area contributed by atoms with Crippen molar-refractivity contribution in [3.63, 3.8) is 0 Å². The first kappa shape index (κ1) is 16.0. The number of aromatic nitrogens is 4. The number of aliphatic hydroxyl groups excluding tert-OH is 1. The predicted octanol–water partition coefficient (Wildman–Crippen LogP) is -0.126. The lowest BCUT2D eigenvalue weighted by Gasteiger charge is -2.14. The van der Waals surface area contributed by atoms with Gasteiger partial charge in [-0.25, -0.2) is 9.78 Å². The van der Waals surface area contributed by atoms with Gasteiger partial charge in [0, 0.05) is 14.1 Å². The van der Waals surface area contributed by atoms with E-state index in [1.165, 1.54) is 17.9 Å². The zero-order valence-electron chi connectivity index (χ0n) is 13.4. The van der Waals surface area contributed by atoms with Gasteiger partial charge in [-0.05, 0) is 12.1 Å². The van der Waals surface area contributed by atoms with Gasteiger partial charge in [0.05, 0.1) is 12.9 Å². The van der Waals surface area contributed by atoms with Crippen LogP contribution >= 0.6 is 0 Å². The van der Waals surface area contributed by atoms with Crippen LogP contribution in [0.15, 0.2) is 46.2 Å². The van der Waals surface area contributed by atoms with Gasteiger partial charge in [0.2, 0.25) is 0 Å². The zero-order chi connectivity index (χ0) is 17.3. The van der Waals surface area contributed by atoms with Crippen LogP contribution in [-0.4, -0.2) is 36.5 Å². The molecule has 0 amide bonds. The van der Waals surface area contributed by atoms with Crippen LogP contribution < -0.4 is 16.0 Å². The first-order valence-electron chi connectivity index (χ1n) is 7.46. The first-order chi connectivity index (χ1) is 11.5. The van der Waals surface area contributed by atoms with Crippen molar-refractivity contribution in [2.45, 2.75) is 12.6 Å². The zero-order valence-corrected chi connectivity index (χ0v) is 13.4. The molecule has 0 saturated carbocycles. The fourth-order valence-corrected chi connectivity index (χ4v) is 2.56. The Morgan fingerprint density at radius 3 is 2.58 bits per heavy atom. The van der Waals surface area contributed by atoms with Gasteiger partial charge in [-0.2, -0.15) is 0 Å². The number of ether oxygens (including phenoxy) is 1. The second kappa shape index (κ2) is 6.32. The van der Waals surface area contributed by atoms with E-state index in [2.05, 4.69) is 4.98 Å². The van der Waals surface area contributed by atoms with Crippen LogP contribution in [0, 0.1) is 0 Å². The maximum Gasteiger partial charge on any atom is 0.332 e. The first-order valence-corrected chi connectivity index (χ1v) is 7.46. The molecule has 8 heteroatoms. The Morgan fingerprint density at radius 1 is 1.17 bits per heavy atom. The average molecular weight is 330 g/mol. The molecule has 126 valence electrons. The Morgan fingerprint density at radius 2 is 1.88 bits per heavy atom. The van der Waals surface area contributed by atoms with Gasteiger partial charge in [-0.15, -0.1) is 0 Å². The maximum atomic E-state index is 12.1. The Hall–Kier alpha value is -2.87. The van der Waals surface area contributed by atoms with Crippen LogP contribution in [0.25, 0.3) is 11.2 Å². The second-order valence-electron chi connectivity index (χ2n) is 5.55. The average Bonchev–Trinajstić information content (AvgIpc) is 3.01. The minimum atomic E-state index is -0.818. The van der Waals surface area contributed by atoms with E-state index >= 15 is 0 Å². The molecule has 0 saturated heterocycles. The molecule has 3 aromatic rings. The van der Waals surface area contributed by atoms with Crippen molar-refractivity contribution in [1.82, 2.24) is 18.7 Å². The predicted molar refractivity (Wildman–Crippen MR) is 88.2 cm³/mol. The van der Waals surface area contributed by atoms with Crippen molar-refractivity contribution >= 4 is 11.2 Å². The summed E-state index contributed by atoms with van der Waals surface area (Å²) in [5.74, 6) is 0.660. The summed E-state index contributed by atoms with van der Waals surface area (Å²) in [4.78, 5) is 28.2. The summed E-state index contributed by atoms with van der Waals surface area (Å²) in [5, 5.41) is 10.2. The van der Waals surface area contributed by atoms with Crippen LogP contribution in [0.2, 0.25) is 0 Å². The Labute approximate surface area is 137 Å². The number of aryl methyl sites for hydroxylation is 1. The number of hydrogen-bond acceptors (Lipinski definition) is 5. The number of imidazole rings is 1. The molecule has 24 heavy (non-hydrogen) atoms.